The molecule has 3 rings (SSSR count). The van der Waals surface area contributed by atoms with E-state index in [1.165, 1.54) is 5.56 Å². The van der Waals surface area contributed by atoms with Gasteiger partial charge in [0.15, 0.2) is 0 Å². The maximum absolute atomic E-state index is 11.9. The fourth-order valence-electron chi connectivity index (χ4n) is 2.92. The van der Waals surface area contributed by atoms with Crippen LogP contribution in [0.2, 0.25) is 0 Å². The zero-order chi connectivity index (χ0) is 14.7. The van der Waals surface area contributed by atoms with Gasteiger partial charge in [-0.3, -0.25) is 4.79 Å². The number of rotatable bonds is 5. The number of carbonyl (C=O) groups is 1. The van der Waals surface area contributed by atoms with E-state index in [9.17, 15) is 4.79 Å². The van der Waals surface area contributed by atoms with Crippen LogP contribution in [-0.2, 0) is 11.2 Å². The molecule has 1 aromatic rings. The van der Waals surface area contributed by atoms with Crippen LogP contribution in [0.25, 0.3) is 0 Å². The van der Waals surface area contributed by atoms with Gasteiger partial charge in [0.2, 0.25) is 5.91 Å². The topological polar surface area (TPSA) is 58.4 Å². The van der Waals surface area contributed by atoms with Crippen molar-refractivity contribution in [3.63, 3.8) is 0 Å². The quantitative estimate of drug-likeness (QED) is 0.846. The summed E-state index contributed by atoms with van der Waals surface area (Å²) in [5, 5.41) is 3.13. The molecule has 0 spiro atoms. The van der Waals surface area contributed by atoms with E-state index in [-0.39, 0.29) is 30.7 Å². The molecule has 1 heterocycles. The molecule has 1 saturated heterocycles. The number of nitrogens with one attached hydrogen (secondary N) is 1. The van der Waals surface area contributed by atoms with Crippen LogP contribution < -0.4 is 11.1 Å². The van der Waals surface area contributed by atoms with E-state index in [1.807, 2.05) is 0 Å². The zero-order valence-corrected chi connectivity index (χ0v) is 15.0. The van der Waals surface area contributed by atoms with Gasteiger partial charge < -0.3 is 16.0 Å². The van der Waals surface area contributed by atoms with Crippen LogP contribution in [0, 0.1) is 0 Å². The first kappa shape index (κ1) is 20.2. The maximum atomic E-state index is 11.9. The van der Waals surface area contributed by atoms with Gasteiger partial charge >= 0.3 is 0 Å². The number of carbonyl (C=O) groups excluding carboxylic acids is 1. The van der Waals surface area contributed by atoms with Crippen LogP contribution in [0.3, 0.4) is 0 Å². The van der Waals surface area contributed by atoms with E-state index in [2.05, 4.69) is 40.5 Å². The lowest BCUT2D eigenvalue weighted by atomic mass is 10.0. The van der Waals surface area contributed by atoms with Crippen molar-refractivity contribution in [2.75, 3.05) is 19.6 Å². The Balaban J connectivity index is 0.00000132. The third-order valence-corrected chi connectivity index (χ3v) is 4.72. The fourth-order valence-corrected chi connectivity index (χ4v) is 2.92. The molecule has 2 aliphatic rings. The molecule has 23 heavy (non-hydrogen) atoms. The standard InChI is InChI=1S/C17H25N3O.2ClH/c18-17(9-10-17)16(21)19-15-7-12-20(13-8-15)11-6-14-4-2-1-3-5-14;;/h1-5,15H,6-13,18H2,(H,19,21);2*1H. The minimum atomic E-state index is -0.537. The molecule has 0 atom stereocenters. The minimum Gasteiger partial charge on any atom is -0.352 e. The Labute approximate surface area is 151 Å². The van der Waals surface area contributed by atoms with Gasteiger partial charge in [0.25, 0.3) is 0 Å². The second-order valence-corrected chi connectivity index (χ2v) is 6.48. The smallest absolute Gasteiger partial charge is 0.240 e. The Morgan fingerprint density at radius 3 is 2.35 bits per heavy atom. The number of nitrogens with two attached hydrogens (primary N) is 1. The molecule has 1 aliphatic heterocycles. The number of hydrogen-bond donors (Lipinski definition) is 2. The van der Waals surface area contributed by atoms with Crippen LogP contribution in [-0.4, -0.2) is 42.0 Å². The Morgan fingerprint density at radius 2 is 1.78 bits per heavy atom. The molecule has 3 N–H and O–H groups in total. The van der Waals surface area contributed by atoms with Gasteiger partial charge in [0.1, 0.15) is 0 Å². The van der Waals surface area contributed by atoms with Gasteiger partial charge in [-0.1, -0.05) is 30.3 Å². The average Bonchev–Trinajstić information content (AvgIpc) is 3.27. The maximum Gasteiger partial charge on any atom is 0.240 e. The van der Waals surface area contributed by atoms with Crippen LogP contribution >= 0.6 is 24.8 Å². The van der Waals surface area contributed by atoms with E-state index < -0.39 is 5.54 Å². The van der Waals surface area contributed by atoms with Crippen molar-refractivity contribution < 1.29 is 4.79 Å². The summed E-state index contributed by atoms with van der Waals surface area (Å²) in [6, 6.07) is 10.9. The van der Waals surface area contributed by atoms with Crippen LogP contribution in [0.15, 0.2) is 30.3 Å². The Morgan fingerprint density at radius 1 is 1.17 bits per heavy atom. The molecule has 1 aliphatic carbocycles. The summed E-state index contributed by atoms with van der Waals surface area (Å²) >= 11 is 0. The monoisotopic (exact) mass is 359 g/mol. The van der Waals surface area contributed by atoms with Crippen LogP contribution in [0.4, 0.5) is 0 Å². The number of nitrogens with zero attached hydrogens (tertiary/aromatic N) is 1. The van der Waals surface area contributed by atoms with Gasteiger partial charge in [-0.05, 0) is 37.7 Å². The molecule has 6 heteroatoms. The Hall–Kier alpha value is -0.810. The SMILES string of the molecule is Cl.Cl.NC1(C(=O)NC2CCN(CCc3ccccc3)CC2)CC1. The van der Waals surface area contributed by atoms with Gasteiger partial charge in [0.05, 0.1) is 5.54 Å². The first-order chi connectivity index (χ1) is 10.2. The normalized spacial score (nSPS) is 20.0. The van der Waals surface area contributed by atoms with Gasteiger partial charge in [-0.25, -0.2) is 0 Å². The third-order valence-electron chi connectivity index (χ3n) is 4.72. The predicted molar refractivity (Wildman–Crippen MR) is 98.4 cm³/mol. The number of piperidine rings is 1. The van der Waals surface area contributed by atoms with Crippen LogP contribution in [0.1, 0.15) is 31.2 Å². The van der Waals surface area contributed by atoms with E-state index >= 15 is 0 Å². The molecular formula is C17H27Cl2N3O. The molecule has 0 bridgehead atoms. The predicted octanol–water partition coefficient (Wildman–Crippen LogP) is 2.14. The second-order valence-electron chi connectivity index (χ2n) is 6.48. The summed E-state index contributed by atoms with van der Waals surface area (Å²) < 4.78 is 0. The number of halogens is 2. The molecular weight excluding hydrogens is 333 g/mol. The summed E-state index contributed by atoms with van der Waals surface area (Å²) in [7, 11) is 0. The van der Waals surface area contributed by atoms with E-state index in [1.54, 1.807) is 0 Å². The van der Waals surface area contributed by atoms with Crippen molar-refractivity contribution in [2.24, 2.45) is 5.73 Å². The highest BCUT2D eigenvalue weighted by Crippen LogP contribution is 2.32. The van der Waals surface area contributed by atoms with Crippen molar-refractivity contribution in [3.05, 3.63) is 35.9 Å². The number of hydrogen-bond acceptors (Lipinski definition) is 3. The first-order valence-corrected chi connectivity index (χ1v) is 8.02. The van der Waals surface area contributed by atoms with Crippen molar-refractivity contribution in [1.29, 1.82) is 0 Å². The van der Waals surface area contributed by atoms with Crippen molar-refractivity contribution >= 4 is 30.7 Å². The number of benzene rings is 1. The minimum absolute atomic E-state index is 0. The molecule has 2 fully saturated rings. The van der Waals surface area contributed by atoms with Crippen molar-refractivity contribution in [3.8, 4) is 0 Å². The van der Waals surface area contributed by atoms with Crippen LogP contribution in [0.5, 0.6) is 0 Å². The van der Waals surface area contributed by atoms with E-state index in [0.717, 1.165) is 51.7 Å². The summed E-state index contributed by atoms with van der Waals surface area (Å²) in [4.78, 5) is 14.4. The first-order valence-electron chi connectivity index (χ1n) is 8.02. The molecule has 0 radical (unpaired) electrons. The highest BCUT2D eigenvalue weighted by Gasteiger charge is 2.46. The van der Waals surface area contributed by atoms with Gasteiger partial charge in [-0.15, -0.1) is 24.8 Å². The van der Waals surface area contributed by atoms with Crippen molar-refractivity contribution in [1.82, 2.24) is 10.2 Å². The van der Waals surface area contributed by atoms with E-state index in [0.29, 0.717) is 6.04 Å². The summed E-state index contributed by atoms with van der Waals surface area (Å²) in [6.45, 7) is 3.23. The molecule has 1 aromatic carbocycles. The highest BCUT2D eigenvalue weighted by atomic mass is 35.5. The number of amides is 1. The lowest BCUT2D eigenvalue weighted by Gasteiger charge is -2.32. The van der Waals surface area contributed by atoms with Crippen molar-refractivity contribution in [2.45, 2.75) is 43.7 Å². The molecule has 0 unspecified atom stereocenters. The Bertz CT molecular complexity index is 486. The van der Waals surface area contributed by atoms with E-state index in [4.69, 9.17) is 5.73 Å². The number of likely N-dealkylation sites (tertiary alicyclic amines) is 1. The zero-order valence-electron chi connectivity index (χ0n) is 13.4. The molecule has 4 nitrogen and oxygen atoms in total. The lowest BCUT2D eigenvalue weighted by Crippen LogP contribution is -2.50. The summed E-state index contributed by atoms with van der Waals surface area (Å²) in [5.74, 6) is 0.0604. The molecule has 1 saturated carbocycles. The highest BCUT2D eigenvalue weighted by molar-refractivity contribution is 5.89. The Kier molecular flexibility index (Phi) is 7.81. The second kappa shape index (κ2) is 8.88. The summed E-state index contributed by atoms with van der Waals surface area (Å²) in [6.07, 6.45) is 4.86. The third kappa shape index (κ3) is 5.64. The molecule has 130 valence electrons. The average molecular weight is 360 g/mol. The van der Waals surface area contributed by atoms with Gasteiger partial charge in [0, 0.05) is 25.7 Å². The van der Waals surface area contributed by atoms with Gasteiger partial charge in [-0.2, -0.15) is 0 Å². The lowest BCUT2D eigenvalue weighted by molar-refractivity contribution is -0.124. The largest absolute Gasteiger partial charge is 0.352 e. The molecule has 0 aromatic heterocycles. The molecule has 1 amide bonds. The summed E-state index contributed by atoms with van der Waals surface area (Å²) in [5.41, 5.74) is 6.78. The fraction of sp³-hybridized carbons (Fsp3) is 0.588.